The van der Waals surface area contributed by atoms with Crippen molar-refractivity contribution in [3.05, 3.63) is 0 Å². The fourth-order valence-corrected chi connectivity index (χ4v) is 1.70. The third-order valence-corrected chi connectivity index (χ3v) is 2.33. The lowest BCUT2D eigenvalue weighted by molar-refractivity contribution is -0.137. The highest BCUT2D eigenvalue weighted by Gasteiger charge is 2.17. The monoisotopic (exact) mass is 159 g/mol. The van der Waals surface area contributed by atoms with Crippen LogP contribution in [0.25, 0.3) is 0 Å². The molecule has 10 heavy (non-hydrogen) atoms. The first kappa shape index (κ1) is 7.60. The van der Waals surface area contributed by atoms with Gasteiger partial charge in [0.2, 0.25) is 0 Å². The Labute approximate surface area is 63.5 Å². The average Bonchev–Trinajstić information content (AvgIpc) is 2.13. The van der Waals surface area contributed by atoms with Gasteiger partial charge in [0.1, 0.15) is 0 Å². The molecule has 56 valence electrons. The quantitative estimate of drug-likeness (QED) is 0.653. The number of rotatable bonds is 2. The minimum absolute atomic E-state index is 0.0162. The van der Waals surface area contributed by atoms with Crippen molar-refractivity contribution in [3.8, 4) is 0 Å². The van der Waals surface area contributed by atoms with Gasteiger partial charge in [-0.05, 0) is 6.92 Å². The maximum atomic E-state index is 10.2. The minimum Gasteiger partial charge on any atom is -0.481 e. The first-order valence-electron chi connectivity index (χ1n) is 3.07. The Morgan fingerprint density at radius 1 is 2.00 bits per heavy atom. The molecule has 0 radical (unpaired) electrons. The molecule has 1 heterocycles. The summed E-state index contributed by atoms with van der Waals surface area (Å²) in [6.07, 6.45) is 0.171. The van der Waals surface area contributed by atoms with E-state index >= 15 is 0 Å². The average molecular weight is 159 g/mol. The normalized spacial score (nSPS) is 24.5. The molecule has 0 spiro atoms. The van der Waals surface area contributed by atoms with E-state index in [1.807, 2.05) is 6.92 Å². The molecule has 0 fully saturated rings. The van der Waals surface area contributed by atoms with E-state index in [0.29, 0.717) is 0 Å². The van der Waals surface area contributed by atoms with E-state index < -0.39 is 5.97 Å². The topological polar surface area (TPSA) is 49.7 Å². The van der Waals surface area contributed by atoms with Gasteiger partial charge in [-0.1, -0.05) is 0 Å². The molecule has 1 aliphatic rings. The van der Waals surface area contributed by atoms with Crippen LogP contribution in [0.4, 0.5) is 0 Å². The third kappa shape index (κ3) is 2.02. The summed E-state index contributed by atoms with van der Waals surface area (Å²) < 4.78 is 0. The Bertz CT molecular complexity index is 179. The first-order valence-corrected chi connectivity index (χ1v) is 4.06. The second-order valence-electron chi connectivity index (χ2n) is 2.21. The number of hydrogen-bond acceptors (Lipinski definition) is 3. The number of nitrogens with zero attached hydrogens (tertiary/aromatic N) is 1. The standard InChI is InChI=1S/C6H9NO2S/c1-4-7-5(3-10-4)2-6(8)9/h5H,2-3H2,1H3,(H,8,9)/t5-/m0/s1. The van der Waals surface area contributed by atoms with Gasteiger partial charge in [-0.25, -0.2) is 0 Å². The van der Waals surface area contributed by atoms with E-state index in [2.05, 4.69) is 4.99 Å². The van der Waals surface area contributed by atoms with Gasteiger partial charge in [-0.2, -0.15) is 0 Å². The summed E-state index contributed by atoms with van der Waals surface area (Å²) in [6, 6.07) is 0.0162. The van der Waals surface area contributed by atoms with Gasteiger partial charge < -0.3 is 5.11 Å². The zero-order valence-corrected chi connectivity index (χ0v) is 6.52. The minimum atomic E-state index is -0.760. The van der Waals surface area contributed by atoms with Crippen LogP contribution in [0.3, 0.4) is 0 Å². The van der Waals surface area contributed by atoms with Crippen LogP contribution >= 0.6 is 11.8 Å². The molecule has 0 unspecified atom stereocenters. The third-order valence-electron chi connectivity index (χ3n) is 1.26. The highest BCUT2D eigenvalue weighted by Crippen LogP contribution is 2.19. The SMILES string of the molecule is CC1=N[C@@H](CC(=O)O)CS1. The molecular formula is C6H9NO2S. The maximum Gasteiger partial charge on any atom is 0.305 e. The zero-order valence-electron chi connectivity index (χ0n) is 5.70. The Morgan fingerprint density at radius 2 is 2.70 bits per heavy atom. The van der Waals surface area contributed by atoms with Crippen molar-refractivity contribution in [1.82, 2.24) is 0 Å². The van der Waals surface area contributed by atoms with Crippen LogP contribution < -0.4 is 0 Å². The summed E-state index contributed by atoms with van der Waals surface area (Å²) in [5.74, 6) is 0.0713. The van der Waals surface area contributed by atoms with E-state index in [9.17, 15) is 4.79 Å². The molecule has 0 aromatic rings. The molecule has 0 bridgehead atoms. The van der Waals surface area contributed by atoms with E-state index in [1.54, 1.807) is 11.8 Å². The fourth-order valence-electron chi connectivity index (χ4n) is 0.855. The van der Waals surface area contributed by atoms with Crippen molar-refractivity contribution in [3.63, 3.8) is 0 Å². The highest BCUT2D eigenvalue weighted by atomic mass is 32.2. The highest BCUT2D eigenvalue weighted by molar-refractivity contribution is 8.14. The molecule has 3 nitrogen and oxygen atoms in total. The van der Waals surface area contributed by atoms with E-state index in [1.165, 1.54) is 0 Å². The Balaban J connectivity index is 2.38. The molecule has 1 atom stereocenters. The lowest BCUT2D eigenvalue weighted by atomic mass is 10.2. The van der Waals surface area contributed by atoms with Gasteiger partial charge in [0.25, 0.3) is 0 Å². The maximum absolute atomic E-state index is 10.2. The van der Waals surface area contributed by atoms with E-state index in [4.69, 9.17) is 5.11 Å². The first-order chi connectivity index (χ1) is 4.68. The summed E-state index contributed by atoms with van der Waals surface area (Å²) in [5.41, 5.74) is 0. The van der Waals surface area contributed by atoms with E-state index in [-0.39, 0.29) is 12.5 Å². The molecule has 0 amide bonds. The molecule has 0 aromatic carbocycles. The number of carboxylic acids is 1. The van der Waals surface area contributed by atoms with Crippen LogP contribution in [-0.2, 0) is 4.79 Å². The van der Waals surface area contributed by atoms with Gasteiger partial charge in [0.15, 0.2) is 0 Å². The smallest absolute Gasteiger partial charge is 0.305 e. The molecule has 1 N–H and O–H groups in total. The van der Waals surface area contributed by atoms with Crippen molar-refractivity contribution >= 4 is 22.8 Å². The van der Waals surface area contributed by atoms with Gasteiger partial charge in [0, 0.05) is 5.75 Å². The molecule has 0 saturated carbocycles. The van der Waals surface area contributed by atoms with Crippen LogP contribution in [0.15, 0.2) is 4.99 Å². The van der Waals surface area contributed by atoms with Gasteiger partial charge in [0.05, 0.1) is 17.5 Å². The summed E-state index contributed by atoms with van der Waals surface area (Å²) in [5, 5.41) is 9.39. The van der Waals surface area contributed by atoms with Gasteiger partial charge >= 0.3 is 5.97 Å². The van der Waals surface area contributed by atoms with Crippen LogP contribution in [0.1, 0.15) is 13.3 Å². The van der Waals surface area contributed by atoms with Crippen LogP contribution in [0.2, 0.25) is 0 Å². The van der Waals surface area contributed by atoms with Crippen molar-refractivity contribution in [1.29, 1.82) is 0 Å². The molecule has 0 aromatic heterocycles. The van der Waals surface area contributed by atoms with Crippen molar-refractivity contribution < 1.29 is 9.90 Å². The van der Waals surface area contributed by atoms with Gasteiger partial charge in [-0.15, -0.1) is 11.8 Å². The second-order valence-corrected chi connectivity index (χ2v) is 3.42. The summed E-state index contributed by atoms with van der Waals surface area (Å²) in [4.78, 5) is 14.3. The molecule has 4 heteroatoms. The molecule has 1 rings (SSSR count). The summed E-state index contributed by atoms with van der Waals surface area (Å²) in [7, 11) is 0. The van der Waals surface area contributed by atoms with Crippen molar-refractivity contribution in [2.75, 3.05) is 5.75 Å². The lowest BCUT2D eigenvalue weighted by Gasteiger charge is -1.98. The molecular weight excluding hydrogens is 150 g/mol. The fraction of sp³-hybridized carbons (Fsp3) is 0.667. The second kappa shape index (κ2) is 3.05. The predicted octanol–water partition coefficient (Wildman–Crippen LogP) is 0.995. The lowest BCUT2D eigenvalue weighted by Crippen LogP contribution is -2.10. The Kier molecular flexibility index (Phi) is 2.32. The summed E-state index contributed by atoms with van der Waals surface area (Å²) >= 11 is 1.63. The van der Waals surface area contributed by atoms with Crippen LogP contribution in [-0.4, -0.2) is 27.9 Å². The predicted molar refractivity (Wildman–Crippen MR) is 41.6 cm³/mol. The van der Waals surface area contributed by atoms with Crippen LogP contribution in [0.5, 0.6) is 0 Å². The molecule has 1 aliphatic heterocycles. The van der Waals surface area contributed by atoms with Gasteiger partial charge in [-0.3, -0.25) is 9.79 Å². The number of hydrogen-bond donors (Lipinski definition) is 1. The molecule has 0 aliphatic carbocycles. The van der Waals surface area contributed by atoms with Crippen molar-refractivity contribution in [2.24, 2.45) is 4.99 Å². The summed E-state index contributed by atoms with van der Waals surface area (Å²) in [6.45, 7) is 1.91. The van der Waals surface area contributed by atoms with E-state index in [0.717, 1.165) is 10.8 Å². The Hall–Kier alpha value is -0.510. The number of thioether (sulfide) groups is 1. The number of carbonyl (C=O) groups is 1. The number of aliphatic imine (C=N–C) groups is 1. The number of carboxylic acid groups (broad SMARTS) is 1. The Morgan fingerprint density at radius 3 is 3.10 bits per heavy atom. The van der Waals surface area contributed by atoms with Crippen molar-refractivity contribution in [2.45, 2.75) is 19.4 Å². The molecule has 0 saturated heterocycles. The largest absolute Gasteiger partial charge is 0.481 e. The number of aliphatic carboxylic acids is 1. The zero-order chi connectivity index (χ0) is 7.56. The van der Waals surface area contributed by atoms with Crippen LogP contribution in [0, 0.1) is 0 Å².